The lowest BCUT2D eigenvalue weighted by Crippen LogP contribution is -2.45. The molecule has 1 saturated carbocycles. The average Bonchev–Trinajstić information content (AvgIpc) is 2.64. The molecule has 1 aliphatic rings. The molecule has 3 unspecified atom stereocenters. The van der Waals surface area contributed by atoms with Gasteiger partial charge in [0.2, 0.25) is 0 Å². The molecule has 3 nitrogen and oxygen atoms in total. The molecule has 1 N–H and O–H groups in total. The highest BCUT2D eigenvalue weighted by Crippen LogP contribution is 2.26. The first kappa shape index (κ1) is 14.0. The van der Waals surface area contributed by atoms with Crippen LogP contribution in [0.4, 0.5) is 0 Å². The van der Waals surface area contributed by atoms with Gasteiger partial charge in [-0.05, 0) is 25.7 Å². The highest BCUT2D eigenvalue weighted by atomic mass is 32.2. The van der Waals surface area contributed by atoms with Gasteiger partial charge in [0.1, 0.15) is 0 Å². The molecular weight excluding hydrogens is 222 g/mol. The van der Waals surface area contributed by atoms with Gasteiger partial charge in [-0.1, -0.05) is 26.7 Å². The van der Waals surface area contributed by atoms with Crippen LogP contribution >= 0.6 is 0 Å². The first-order chi connectivity index (χ1) is 7.49. The van der Waals surface area contributed by atoms with Crippen LogP contribution in [-0.4, -0.2) is 32.0 Å². The summed E-state index contributed by atoms with van der Waals surface area (Å²) in [5.74, 6) is 0. The average molecular weight is 247 g/mol. The Morgan fingerprint density at radius 1 is 1.31 bits per heavy atom. The van der Waals surface area contributed by atoms with Crippen LogP contribution in [-0.2, 0) is 9.84 Å². The predicted molar refractivity (Wildman–Crippen MR) is 68.4 cm³/mol. The van der Waals surface area contributed by atoms with E-state index in [0.717, 1.165) is 38.5 Å². The first-order valence-corrected chi connectivity index (χ1v) is 8.39. The Hall–Kier alpha value is -0.0900. The van der Waals surface area contributed by atoms with Crippen LogP contribution in [0.1, 0.15) is 52.4 Å². The van der Waals surface area contributed by atoms with Gasteiger partial charge >= 0.3 is 0 Å². The summed E-state index contributed by atoms with van der Waals surface area (Å²) in [4.78, 5) is 0. The second-order valence-electron chi connectivity index (χ2n) is 4.97. The van der Waals surface area contributed by atoms with Gasteiger partial charge in [-0.25, -0.2) is 8.42 Å². The minimum absolute atomic E-state index is 0.154. The largest absolute Gasteiger partial charge is 0.310 e. The molecule has 0 radical (unpaired) electrons. The zero-order chi connectivity index (χ0) is 12.2. The van der Waals surface area contributed by atoms with Crippen molar-refractivity contribution in [2.45, 2.75) is 69.7 Å². The summed E-state index contributed by atoms with van der Waals surface area (Å²) < 4.78 is 23.3. The Morgan fingerprint density at radius 2 is 2.00 bits per heavy atom. The van der Waals surface area contributed by atoms with E-state index in [-0.39, 0.29) is 11.3 Å². The van der Waals surface area contributed by atoms with E-state index >= 15 is 0 Å². The third-order valence-electron chi connectivity index (χ3n) is 3.58. The fraction of sp³-hybridized carbons (Fsp3) is 1.00. The number of nitrogens with one attached hydrogen (secondary N) is 1. The van der Waals surface area contributed by atoms with Gasteiger partial charge in [0.05, 0.1) is 5.25 Å². The zero-order valence-corrected chi connectivity index (χ0v) is 11.5. The highest BCUT2D eigenvalue weighted by molar-refractivity contribution is 7.91. The maximum Gasteiger partial charge on any atom is 0.151 e. The molecule has 0 heterocycles. The number of sulfone groups is 1. The van der Waals surface area contributed by atoms with Crippen molar-refractivity contribution in [2.24, 2.45) is 0 Å². The summed E-state index contributed by atoms with van der Waals surface area (Å²) in [6.45, 7) is 4.34. The third-order valence-corrected chi connectivity index (χ3v) is 5.25. The topological polar surface area (TPSA) is 46.2 Å². The lowest BCUT2D eigenvalue weighted by Gasteiger charge is -2.25. The van der Waals surface area contributed by atoms with Crippen LogP contribution in [0.25, 0.3) is 0 Å². The van der Waals surface area contributed by atoms with E-state index in [1.165, 1.54) is 6.26 Å². The third kappa shape index (κ3) is 3.74. The number of rotatable bonds is 6. The predicted octanol–water partition coefficient (Wildman–Crippen LogP) is 2.12. The molecule has 0 aromatic heterocycles. The summed E-state index contributed by atoms with van der Waals surface area (Å²) in [5, 5.41) is 3.39. The summed E-state index contributed by atoms with van der Waals surface area (Å²) in [6.07, 6.45) is 7.64. The lowest BCUT2D eigenvalue weighted by atomic mass is 10.1. The maximum absolute atomic E-state index is 11.6. The van der Waals surface area contributed by atoms with Gasteiger partial charge in [-0.15, -0.1) is 0 Å². The number of hydrogen-bond acceptors (Lipinski definition) is 3. The van der Waals surface area contributed by atoms with Crippen molar-refractivity contribution in [1.29, 1.82) is 0 Å². The molecule has 0 aromatic rings. The monoisotopic (exact) mass is 247 g/mol. The van der Waals surface area contributed by atoms with Crippen molar-refractivity contribution < 1.29 is 8.42 Å². The van der Waals surface area contributed by atoms with Crippen LogP contribution in [0.3, 0.4) is 0 Å². The van der Waals surface area contributed by atoms with Crippen LogP contribution in [0.15, 0.2) is 0 Å². The quantitative estimate of drug-likeness (QED) is 0.782. The Bertz CT molecular complexity index is 300. The number of hydrogen-bond donors (Lipinski definition) is 1. The molecule has 3 atom stereocenters. The molecule has 0 spiro atoms. The van der Waals surface area contributed by atoms with E-state index in [2.05, 4.69) is 19.2 Å². The SMILES string of the molecule is CCCC(CC)NC1CCCC1S(C)(=O)=O. The standard InChI is InChI=1S/C12H25NO2S/c1-4-7-10(5-2)13-11-8-6-9-12(11)16(3,14)15/h10-13H,4-9H2,1-3H3. The molecule has 0 aliphatic heterocycles. The van der Waals surface area contributed by atoms with Gasteiger partial charge in [-0.2, -0.15) is 0 Å². The molecule has 0 aromatic carbocycles. The minimum Gasteiger partial charge on any atom is -0.310 e. The summed E-state index contributed by atoms with van der Waals surface area (Å²) in [5.41, 5.74) is 0. The molecule has 1 rings (SSSR count). The Morgan fingerprint density at radius 3 is 2.50 bits per heavy atom. The van der Waals surface area contributed by atoms with Crippen molar-refractivity contribution >= 4 is 9.84 Å². The van der Waals surface area contributed by atoms with Gasteiger partial charge in [0, 0.05) is 18.3 Å². The summed E-state index contributed by atoms with van der Waals surface area (Å²) >= 11 is 0. The van der Waals surface area contributed by atoms with E-state index in [4.69, 9.17) is 0 Å². The van der Waals surface area contributed by atoms with Gasteiger partial charge in [0.15, 0.2) is 9.84 Å². The van der Waals surface area contributed by atoms with E-state index in [0.29, 0.717) is 6.04 Å². The molecule has 0 amide bonds. The highest BCUT2D eigenvalue weighted by Gasteiger charge is 2.35. The van der Waals surface area contributed by atoms with Crippen LogP contribution in [0.5, 0.6) is 0 Å². The molecule has 1 fully saturated rings. The van der Waals surface area contributed by atoms with E-state index in [1.807, 2.05) is 0 Å². The van der Waals surface area contributed by atoms with Crippen molar-refractivity contribution in [3.05, 3.63) is 0 Å². The summed E-state index contributed by atoms with van der Waals surface area (Å²) in [7, 11) is -2.88. The van der Waals surface area contributed by atoms with Crippen LogP contribution in [0.2, 0.25) is 0 Å². The fourth-order valence-corrected chi connectivity index (χ4v) is 4.09. The summed E-state index contributed by atoms with van der Waals surface area (Å²) in [6, 6.07) is 0.670. The molecule has 0 bridgehead atoms. The van der Waals surface area contributed by atoms with Crippen molar-refractivity contribution in [1.82, 2.24) is 5.32 Å². The van der Waals surface area contributed by atoms with Gasteiger partial charge < -0.3 is 5.32 Å². The second kappa shape index (κ2) is 6.01. The second-order valence-corrected chi connectivity index (χ2v) is 7.23. The van der Waals surface area contributed by atoms with Crippen molar-refractivity contribution in [2.75, 3.05) is 6.26 Å². The molecule has 4 heteroatoms. The Kier molecular flexibility index (Phi) is 5.25. The fourth-order valence-electron chi connectivity index (χ4n) is 2.69. The van der Waals surface area contributed by atoms with Gasteiger partial charge in [-0.3, -0.25) is 0 Å². The van der Waals surface area contributed by atoms with E-state index in [9.17, 15) is 8.42 Å². The molecule has 96 valence electrons. The smallest absolute Gasteiger partial charge is 0.151 e. The Labute approximate surface area is 99.9 Å². The van der Waals surface area contributed by atoms with Crippen molar-refractivity contribution in [3.63, 3.8) is 0 Å². The van der Waals surface area contributed by atoms with Crippen LogP contribution in [0, 0.1) is 0 Å². The molecule has 0 saturated heterocycles. The zero-order valence-electron chi connectivity index (χ0n) is 10.7. The molecule has 16 heavy (non-hydrogen) atoms. The maximum atomic E-state index is 11.6. The van der Waals surface area contributed by atoms with E-state index < -0.39 is 9.84 Å². The van der Waals surface area contributed by atoms with Crippen LogP contribution < -0.4 is 5.32 Å². The van der Waals surface area contributed by atoms with E-state index in [1.54, 1.807) is 0 Å². The molecular formula is C12H25NO2S. The minimum atomic E-state index is -2.88. The Balaban J connectivity index is 2.58. The normalized spacial score (nSPS) is 28.2. The lowest BCUT2D eigenvalue weighted by molar-refractivity contribution is 0.397. The first-order valence-electron chi connectivity index (χ1n) is 6.44. The van der Waals surface area contributed by atoms with Gasteiger partial charge in [0.25, 0.3) is 0 Å². The molecule has 1 aliphatic carbocycles. The van der Waals surface area contributed by atoms with Crippen molar-refractivity contribution in [3.8, 4) is 0 Å².